The maximum Gasteiger partial charge on any atom is 0.259 e. The largest absolute Gasteiger partial charge is 0.378 e. The number of ether oxygens (including phenoxy) is 1. The van der Waals surface area contributed by atoms with Crippen molar-refractivity contribution in [2.75, 3.05) is 14.2 Å². The molecule has 1 atom stereocenters. The van der Waals surface area contributed by atoms with Gasteiger partial charge in [0.05, 0.1) is 18.3 Å². The molecule has 0 fully saturated rings. The molecule has 2 heterocycles. The number of hydrogen-bond donors (Lipinski definition) is 0. The van der Waals surface area contributed by atoms with Gasteiger partial charge in [-0.15, -0.1) is 11.3 Å². The zero-order valence-corrected chi connectivity index (χ0v) is 19.8. The molecule has 0 aliphatic heterocycles. The van der Waals surface area contributed by atoms with Gasteiger partial charge in [-0.1, -0.05) is 35.9 Å². The summed E-state index contributed by atoms with van der Waals surface area (Å²) in [5.74, 6) is -0.301. The van der Waals surface area contributed by atoms with E-state index in [2.05, 4.69) is 0 Å². The van der Waals surface area contributed by atoms with Gasteiger partial charge in [-0.05, 0) is 43.3 Å². The van der Waals surface area contributed by atoms with Crippen molar-refractivity contribution in [3.8, 4) is 0 Å². The summed E-state index contributed by atoms with van der Waals surface area (Å²) in [6.07, 6.45) is 0.676. The highest BCUT2D eigenvalue weighted by molar-refractivity contribution is 7.10. The van der Waals surface area contributed by atoms with Gasteiger partial charge in [-0.25, -0.2) is 0 Å². The Balaban J connectivity index is 1.99. The van der Waals surface area contributed by atoms with Crippen molar-refractivity contribution in [1.82, 2.24) is 9.47 Å². The molecule has 7 heteroatoms. The van der Waals surface area contributed by atoms with Crippen LogP contribution in [0.2, 0.25) is 5.02 Å². The molecule has 1 amide bonds. The lowest BCUT2D eigenvalue weighted by atomic mass is 10.1. The lowest BCUT2D eigenvalue weighted by Crippen LogP contribution is -2.36. The third-order valence-corrected chi connectivity index (χ3v) is 6.95. The molecule has 0 saturated carbocycles. The number of aryl methyl sites for hydroxylation is 2. The summed E-state index contributed by atoms with van der Waals surface area (Å²) >= 11 is 7.91. The number of benzene rings is 1. The minimum atomic E-state index is -0.301. The number of methoxy groups -OCH3 is 1. The fourth-order valence-corrected chi connectivity index (χ4v) is 4.72. The van der Waals surface area contributed by atoms with Gasteiger partial charge >= 0.3 is 0 Å². The Morgan fingerprint density at radius 3 is 2.65 bits per heavy atom. The van der Waals surface area contributed by atoms with Crippen molar-refractivity contribution in [3.63, 3.8) is 0 Å². The van der Waals surface area contributed by atoms with E-state index < -0.39 is 0 Å². The molecule has 0 N–H and O–H groups in total. The first-order valence-corrected chi connectivity index (χ1v) is 11.4. The Morgan fingerprint density at radius 1 is 1.26 bits per heavy atom. The van der Waals surface area contributed by atoms with Crippen LogP contribution in [0.15, 0.2) is 52.6 Å². The average Bonchev–Trinajstić information content (AvgIpc) is 3.28. The maximum absolute atomic E-state index is 13.4. The van der Waals surface area contributed by atoms with Gasteiger partial charge in [0.2, 0.25) is 0 Å². The van der Waals surface area contributed by atoms with Crippen LogP contribution in [0.4, 0.5) is 0 Å². The molecule has 2 aromatic heterocycles. The molecule has 0 radical (unpaired) electrons. The van der Waals surface area contributed by atoms with E-state index in [1.54, 1.807) is 30.4 Å². The quantitative estimate of drug-likeness (QED) is 0.472. The van der Waals surface area contributed by atoms with E-state index in [0.29, 0.717) is 23.7 Å². The van der Waals surface area contributed by atoms with Crippen molar-refractivity contribution < 1.29 is 9.53 Å². The van der Waals surface area contributed by atoms with E-state index in [4.69, 9.17) is 16.3 Å². The second kappa shape index (κ2) is 10.3. The van der Waals surface area contributed by atoms with E-state index in [-0.39, 0.29) is 29.5 Å². The molecule has 1 aromatic carbocycles. The van der Waals surface area contributed by atoms with Crippen LogP contribution in [0.3, 0.4) is 0 Å². The number of aromatic nitrogens is 1. The van der Waals surface area contributed by atoms with Crippen LogP contribution >= 0.6 is 22.9 Å². The Kier molecular flexibility index (Phi) is 7.70. The highest BCUT2D eigenvalue weighted by Crippen LogP contribution is 2.25. The molecule has 3 rings (SSSR count). The average molecular weight is 459 g/mol. The summed E-state index contributed by atoms with van der Waals surface area (Å²) in [5, 5.41) is 2.68. The van der Waals surface area contributed by atoms with E-state index >= 15 is 0 Å². The lowest BCUT2D eigenvalue weighted by molar-refractivity contribution is 0.0736. The Labute approximate surface area is 191 Å². The molecule has 164 valence electrons. The SMILES string of the molecule is COCc1c(C(=O)N(C)C(C)c2cccs2)c(=O)cc(C)n1CCc1ccccc1Cl. The van der Waals surface area contributed by atoms with Gasteiger partial charge < -0.3 is 14.2 Å². The number of thiophene rings is 1. The zero-order chi connectivity index (χ0) is 22.5. The van der Waals surface area contributed by atoms with Gasteiger partial charge in [0.25, 0.3) is 5.91 Å². The molecular weight excluding hydrogens is 432 g/mol. The minimum Gasteiger partial charge on any atom is -0.378 e. The first-order chi connectivity index (χ1) is 14.8. The molecule has 1 unspecified atom stereocenters. The summed E-state index contributed by atoms with van der Waals surface area (Å²) in [6, 6.07) is 13.0. The van der Waals surface area contributed by atoms with Crippen LogP contribution in [-0.4, -0.2) is 29.5 Å². The minimum absolute atomic E-state index is 0.139. The van der Waals surface area contributed by atoms with Gasteiger partial charge in [-0.2, -0.15) is 0 Å². The number of carbonyl (C=O) groups excluding carboxylic acids is 1. The van der Waals surface area contributed by atoms with Crippen molar-refractivity contribution in [2.45, 2.75) is 39.5 Å². The molecule has 0 aliphatic carbocycles. The van der Waals surface area contributed by atoms with E-state index in [0.717, 1.165) is 16.1 Å². The predicted molar refractivity (Wildman–Crippen MR) is 126 cm³/mol. The molecule has 3 aromatic rings. The summed E-state index contributed by atoms with van der Waals surface area (Å²) in [4.78, 5) is 29.1. The van der Waals surface area contributed by atoms with E-state index in [1.807, 2.05) is 60.2 Å². The van der Waals surface area contributed by atoms with Gasteiger partial charge in [0.1, 0.15) is 5.56 Å². The fraction of sp³-hybridized carbons (Fsp3) is 0.333. The second-order valence-corrected chi connectivity index (χ2v) is 8.89. The smallest absolute Gasteiger partial charge is 0.259 e. The first-order valence-electron chi connectivity index (χ1n) is 10.1. The molecule has 0 bridgehead atoms. The topological polar surface area (TPSA) is 51.5 Å². The fourth-order valence-electron chi connectivity index (χ4n) is 3.66. The Hall–Kier alpha value is -2.41. The van der Waals surface area contributed by atoms with Crippen LogP contribution in [0.1, 0.15) is 45.2 Å². The van der Waals surface area contributed by atoms with Crippen molar-refractivity contribution in [3.05, 3.63) is 90.5 Å². The number of rotatable bonds is 8. The second-order valence-electron chi connectivity index (χ2n) is 7.51. The zero-order valence-electron chi connectivity index (χ0n) is 18.2. The highest BCUT2D eigenvalue weighted by Gasteiger charge is 2.26. The van der Waals surface area contributed by atoms with Crippen LogP contribution in [0.5, 0.6) is 0 Å². The lowest BCUT2D eigenvalue weighted by Gasteiger charge is -2.26. The van der Waals surface area contributed by atoms with Crippen LogP contribution < -0.4 is 5.43 Å². The van der Waals surface area contributed by atoms with Crippen molar-refractivity contribution in [1.29, 1.82) is 0 Å². The summed E-state index contributed by atoms with van der Waals surface area (Å²) < 4.78 is 7.39. The number of amides is 1. The summed E-state index contributed by atoms with van der Waals surface area (Å²) in [6.45, 7) is 4.59. The Morgan fingerprint density at radius 2 is 2.00 bits per heavy atom. The van der Waals surface area contributed by atoms with Crippen molar-refractivity contribution >= 4 is 28.8 Å². The number of nitrogens with zero attached hydrogens (tertiary/aromatic N) is 2. The number of hydrogen-bond acceptors (Lipinski definition) is 4. The highest BCUT2D eigenvalue weighted by atomic mass is 35.5. The third-order valence-electron chi connectivity index (χ3n) is 5.54. The predicted octanol–water partition coefficient (Wildman–Crippen LogP) is 5.09. The van der Waals surface area contributed by atoms with Crippen LogP contribution in [0.25, 0.3) is 0 Å². The Bertz CT molecular complexity index is 1110. The number of pyridine rings is 1. The summed E-state index contributed by atoms with van der Waals surface area (Å²) in [5.41, 5.74) is 2.28. The normalized spacial score (nSPS) is 12.0. The van der Waals surface area contributed by atoms with Gasteiger partial charge in [0, 0.05) is 42.4 Å². The molecule has 0 spiro atoms. The van der Waals surface area contributed by atoms with Crippen molar-refractivity contribution in [2.24, 2.45) is 0 Å². The monoisotopic (exact) mass is 458 g/mol. The number of carbonyl (C=O) groups is 1. The van der Waals surface area contributed by atoms with Gasteiger partial charge in [-0.3, -0.25) is 9.59 Å². The first kappa shape index (κ1) is 23.3. The molecule has 0 saturated heterocycles. The number of halogens is 1. The molecule has 5 nitrogen and oxygen atoms in total. The van der Waals surface area contributed by atoms with E-state index in [9.17, 15) is 9.59 Å². The standard InChI is InChI=1S/C24H27ClN2O3S/c1-16-14-21(28)23(24(29)26(3)17(2)22-10-7-13-31-22)20(15-30-4)27(16)12-11-18-8-5-6-9-19(18)25/h5-10,13-14,17H,11-12,15H2,1-4H3. The van der Waals surface area contributed by atoms with Gasteiger partial charge in [0.15, 0.2) is 5.43 Å². The van der Waals surface area contributed by atoms with Crippen LogP contribution in [0, 0.1) is 6.92 Å². The molecular formula is C24H27ClN2O3S. The third kappa shape index (κ3) is 5.09. The summed E-state index contributed by atoms with van der Waals surface area (Å²) in [7, 11) is 3.30. The molecule has 31 heavy (non-hydrogen) atoms. The molecule has 0 aliphatic rings. The van der Waals surface area contributed by atoms with E-state index in [1.165, 1.54) is 6.07 Å². The maximum atomic E-state index is 13.4. The van der Waals surface area contributed by atoms with Crippen LogP contribution in [-0.2, 0) is 24.3 Å².